The van der Waals surface area contributed by atoms with Gasteiger partial charge in [-0.05, 0) is 41.3 Å². The molecule has 0 aliphatic heterocycles. The quantitative estimate of drug-likeness (QED) is 0.799. The Morgan fingerprint density at radius 3 is 2.33 bits per heavy atom. The Kier molecular flexibility index (Phi) is 10.3. The molecule has 1 aromatic rings. The van der Waals surface area contributed by atoms with Crippen LogP contribution in [0, 0.1) is 0 Å². The molecule has 0 bridgehead atoms. The van der Waals surface area contributed by atoms with E-state index >= 15 is 0 Å². The van der Waals surface area contributed by atoms with Gasteiger partial charge in [-0.3, -0.25) is 4.79 Å². The fourth-order valence-electron chi connectivity index (χ4n) is 1.09. The van der Waals surface area contributed by atoms with Crippen LogP contribution in [0.5, 0.6) is 5.88 Å². The smallest absolute Gasteiger partial charge is 0.292 e. The molecule has 1 aliphatic rings. The summed E-state index contributed by atoms with van der Waals surface area (Å²) in [6, 6.07) is 3.84. The first-order valence-corrected chi connectivity index (χ1v) is 6.80. The number of carbonyl (C=O) groups excluding carboxylic acids is 1. The molecule has 4 nitrogen and oxygen atoms in total. The van der Waals surface area contributed by atoms with Gasteiger partial charge in [-0.15, -0.1) is 0 Å². The molecule has 1 aliphatic carbocycles. The van der Waals surface area contributed by atoms with Crippen LogP contribution in [0.3, 0.4) is 0 Å². The lowest BCUT2D eigenvalue weighted by atomic mass is 9.96. The van der Waals surface area contributed by atoms with Gasteiger partial charge in [0.2, 0.25) is 5.88 Å². The van der Waals surface area contributed by atoms with Crippen LogP contribution in [0.2, 0.25) is 0 Å². The van der Waals surface area contributed by atoms with Crippen LogP contribution >= 0.6 is 15.9 Å². The molecule has 5 heteroatoms. The third-order valence-corrected chi connectivity index (χ3v) is 2.61. The molecule has 1 aromatic heterocycles. The van der Waals surface area contributed by atoms with Gasteiger partial charge in [0.25, 0.3) is 6.47 Å². The summed E-state index contributed by atoms with van der Waals surface area (Å²) in [5.74, 6) is 0.739. The van der Waals surface area contributed by atoms with Crippen LogP contribution in [0.15, 0.2) is 22.8 Å². The van der Waals surface area contributed by atoms with Crippen LogP contribution in [0.1, 0.15) is 33.1 Å². The zero-order chi connectivity index (χ0) is 13.8. The largest absolute Gasteiger partial charge is 0.474 e. The fraction of sp³-hybridized carbons (Fsp3) is 0.538. The van der Waals surface area contributed by atoms with Gasteiger partial charge in [0, 0.05) is 16.7 Å². The molecule has 1 heterocycles. The molecule has 0 spiro atoms. The summed E-state index contributed by atoms with van der Waals surface area (Å²) in [6.07, 6.45) is 5.82. The van der Waals surface area contributed by atoms with Crippen LogP contribution in [-0.2, 0) is 9.53 Å². The van der Waals surface area contributed by atoms with Crippen molar-refractivity contribution in [3.63, 3.8) is 0 Å². The molecule has 0 amide bonds. The Hall–Kier alpha value is -1.10. The zero-order valence-corrected chi connectivity index (χ0v) is 12.6. The third kappa shape index (κ3) is 7.27. The highest BCUT2D eigenvalue weighted by Gasteiger charge is 2.19. The molecule has 18 heavy (non-hydrogen) atoms. The minimum atomic E-state index is 0.375. The van der Waals surface area contributed by atoms with Crippen molar-refractivity contribution in [2.45, 2.75) is 39.2 Å². The maximum Gasteiger partial charge on any atom is 0.292 e. The molecule has 1 saturated carbocycles. The van der Waals surface area contributed by atoms with Crippen molar-refractivity contribution in [2.24, 2.45) is 0 Å². The SMILES string of the molecule is Brc1ccc(OC2CCC2)nc1.CC.COC=O. The van der Waals surface area contributed by atoms with Crippen molar-refractivity contribution in [1.82, 2.24) is 4.98 Å². The van der Waals surface area contributed by atoms with E-state index in [9.17, 15) is 0 Å². The summed E-state index contributed by atoms with van der Waals surface area (Å²) in [7, 11) is 1.31. The first kappa shape index (κ1) is 16.9. The van der Waals surface area contributed by atoms with Gasteiger partial charge >= 0.3 is 0 Å². The van der Waals surface area contributed by atoms with Crippen LogP contribution in [0.4, 0.5) is 0 Å². The number of ether oxygens (including phenoxy) is 2. The summed E-state index contributed by atoms with van der Waals surface area (Å²) < 4.78 is 10.4. The maximum absolute atomic E-state index is 8.95. The van der Waals surface area contributed by atoms with Crippen molar-refractivity contribution in [1.29, 1.82) is 0 Å². The van der Waals surface area contributed by atoms with Gasteiger partial charge in [0.15, 0.2) is 0 Å². The minimum absolute atomic E-state index is 0.375. The molecule has 102 valence electrons. The molecule has 0 saturated heterocycles. The highest BCUT2D eigenvalue weighted by molar-refractivity contribution is 9.10. The predicted octanol–water partition coefficient (Wildman–Crippen LogP) is 3.59. The van der Waals surface area contributed by atoms with E-state index in [0.717, 1.165) is 10.4 Å². The van der Waals surface area contributed by atoms with E-state index in [2.05, 4.69) is 25.7 Å². The Morgan fingerprint density at radius 1 is 1.39 bits per heavy atom. The second-order valence-electron chi connectivity index (χ2n) is 3.32. The van der Waals surface area contributed by atoms with Crippen molar-refractivity contribution in [3.05, 3.63) is 22.8 Å². The molecule has 1 fully saturated rings. The molecular formula is C13H20BrNO3. The maximum atomic E-state index is 8.95. The van der Waals surface area contributed by atoms with Gasteiger partial charge in [-0.2, -0.15) is 0 Å². The van der Waals surface area contributed by atoms with E-state index in [1.807, 2.05) is 26.0 Å². The first-order chi connectivity index (χ1) is 8.76. The fourth-order valence-corrected chi connectivity index (χ4v) is 1.33. The van der Waals surface area contributed by atoms with Crippen molar-refractivity contribution in [2.75, 3.05) is 7.11 Å². The lowest BCUT2D eigenvalue weighted by Crippen LogP contribution is -2.24. The number of hydrogen-bond donors (Lipinski definition) is 0. The van der Waals surface area contributed by atoms with Gasteiger partial charge in [-0.25, -0.2) is 4.98 Å². The molecule has 0 radical (unpaired) electrons. The topological polar surface area (TPSA) is 48.4 Å². The van der Waals surface area contributed by atoms with Gasteiger partial charge in [0.1, 0.15) is 6.10 Å². The van der Waals surface area contributed by atoms with E-state index < -0.39 is 0 Å². The number of hydrogen-bond acceptors (Lipinski definition) is 4. The molecular weight excluding hydrogens is 298 g/mol. The normalized spacial score (nSPS) is 12.9. The van der Waals surface area contributed by atoms with E-state index in [-0.39, 0.29) is 0 Å². The minimum Gasteiger partial charge on any atom is -0.474 e. The van der Waals surface area contributed by atoms with Gasteiger partial charge in [0.05, 0.1) is 7.11 Å². The van der Waals surface area contributed by atoms with E-state index in [1.165, 1.54) is 26.4 Å². The molecule has 0 N–H and O–H groups in total. The van der Waals surface area contributed by atoms with Crippen molar-refractivity contribution < 1.29 is 14.3 Å². The number of nitrogens with zero attached hydrogens (tertiary/aromatic N) is 1. The standard InChI is InChI=1S/C9H10BrNO.C2H4O2.C2H6/c10-7-4-5-9(11-6-7)12-8-2-1-3-8;1-4-2-3;1-2/h4-6,8H,1-3H2;2H,1H3;1-2H3. The first-order valence-electron chi connectivity index (χ1n) is 6.01. The summed E-state index contributed by atoms with van der Waals surface area (Å²) in [4.78, 5) is 13.1. The van der Waals surface area contributed by atoms with E-state index in [4.69, 9.17) is 9.53 Å². The number of halogens is 1. The Labute approximate surface area is 117 Å². The number of pyridine rings is 1. The zero-order valence-electron chi connectivity index (χ0n) is 11.1. The second kappa shape index (κ2) is 11.0. The van der Waals surface area contributed by atoms with Crippen LogP contribution < -0.4 is 4.74 Å². The Bertz CT molecular complexity index is 313. The lowest BCUT2D eigenvalue weighted by Gasteiger charge is -2.25. The van der Waals surface area contributed by atoms with Gasteiger partial charge < -0.3 is 9.47 Å². The highest BCUT2D eigenvalue weighted by atomic mass is 79.9. The number of aromatic nitrogens is 1. The monoisotopic (exact) mass is 317 g/mol. The predicted molar refractivity (Wildman–Crippen MR) is 74.6 cm³/mol. The summed E-state index contributed by atoms with van der Waals surface area (Å²) in [6.45, 7) is 4.38. The third-order valence-electron chi connectivity index (χ3n) is 2.14. The summed E-state index contributed by atoms with van der Waals surface area (Å²) in [5, 5.41) is 0. The lowest BCUT2D eigenvalue weighted by molar-refractivity contribution is -0.126. The number of methoxy groups -OCH3 is 1. The average Bonchev–Trinajstić information content (AvgIpc) is 2.39. The molecule has 0 atom stereocenters. The average molecular weight is 318 g/mol. The van der Waals surface area contributed by atoms with E-state index in [1.54, 1.807) is 6.20 Å². The summed E-state index contributed by atoms with van der Waals surface area (Å²) in [5.41, 5.74) is 0. The van der Waals surface area contributed by atoms with Crippen molar-refractivity contribution >= 4 is 22.4 Å². The number of carbonyl (C=O) groups is 1. The van der Waals surface area contributed by atoms with Crippen molar-refractivity contribution in [3.8, 4) is 5.88 Å². The number of rotatable bonds is 3. The Balaban J connectivity index is 0.000000415. The Morgan fingerprint density at radius 2 is 2.00 bits per heavy atom. The second-order valence-corrected chi connectivity index (χ2v) is 4.23. The molecule has 2 rings (SSSR count). The molecule has 0 unspecified atom stereocenters. The van der Waals surface area contributed by atoms with E-state index in [0.29, 0.717) is 12.6 Å². The van der Waals surface area contributed by atoms with Crippen LogP contribution in [0.25, 0.3) is 0 Å². The van der Waals surface area contributed by atoms with Gasteiger partial charge in [-0.1, -0.05) is 13.8 Å². The van der Waals surface area contributed by atoms with Crippen LogP contribution in [-0.4, -0.2) is 24.7 Å². The summed E-state index contributed by atoms with van der Waals surface area (Å²) >= 11 is 3.32. The molecule has 0 aromatic carbocycles. The highest BCUT2D eigenvalue weighted by Crippen LogP contribution is 2.24.